The van der Waals surface area contributed by atoms with Gasteiger partial charge in [0, 0.05) is 12.2 Å². The molecule has 0 radical (unpaired) electrons. The van der Waals surface area contributed by atoms with Crippen molar-refractivity contribution in [3.05, 3.63) is 58.6 Å². The number of amides is 3. The maximum atomic E-state index is 14.1. The number of aromatic nitrogens is 1. The minimum Gasteiger partial charge on any atom is -0.497 e. The summed E-state index contributed by atoms with van der Waals surface area (Å²) in [5.41, 5.74) is 12.0. The summed E-state index contributed by atoms with van der Waals surface area (Å²) in [5, 5.41) is 2.95. The van der Waals surface area contributed by atoms with E-state index in [4.69, 9.17) is 25.7 Å². The summed E-state index contributed by atoms with van der Waals surface area (Å²) in [5.74, 6) is -0.170. The van der Waals surface area contributed by atoms with Crippen molar-refractivity contribution in [1.82, 2.24) is 9.69 Å². The first-order valence-electron chi connectivity index (χ1n) is 12.1. The van der Waals surface area contributed by atoms with Crippen LogP contribution in [-0.4, -0.2) is 50.0 Å². The van der Waals surface area contributed by atoms with Gasteiger partial charge in [-0.2, -0.15) is 4.37 Å². The lowest BCUT2D eigenvalue weighted by molar-refractivity contribution is -0.122. The minimum absolute atomic E-state index is 0.0277. The molecule has 208 valence electrons. The van der Waals surface area contributed by atoms with Crippen molar-refractivity contribution >= 4 is 40.6 Å². The predicted octanol–water partition coefficient (Wildman–Crippen LogP) is 3.40. The first-order chi connectivity index (χ1) is 18.6. The van der Waals surface area contributed by atoms with Gasteiger partial charge < -0.3 is 31.0 Å². The molecule has 0 spiro atoms. The predicted molar refractivity (Wildman–Crippen MR) is 150 cm³/mol. The van der Waals surface area contributed by atoms with Crippen LogP contribution in [0, 0.1) is 5.92 Å². The van der Waals surface area contributed by atoms with Gasteiger partial charge in [0.1, 0.15) is 16.7 Å². The summed E-state index contributed by atoms with van der Waals surface area (Å²) < 4.78 is 20.1. The molecule has 5 N–H and O–H groups in total. The average Bonchev–Trinajstić information content (AvgIpc) is 3.32. The smallest absolute Gasteiger partial charge is 0.273 e. The summed E-state index contributed by atoms with van der Waals surface area (Å²) in [6.07, 6.45) is 0.741. The lowest BCUT2D eigenvalue weighted by atomic mass is 10.0. The summed E-state index contributed by atoms with van der Waals surface area (Å²) >= 11 is 0.735. The molecule has 0 aliphatic rings. The highest BCUT2D eigenvalue weighted by molar-refractivity contribution is 7.09. The van der Waals surface area contributed by atoms with Crippen LogP contribution in [0.15, 0.2) is 42.5 Å². The van der Waals surface area contributed by atoms with Gasteiger partial charge in [-0.25, -0.2) is 0 Å². The summed E-state index contributed by atoms with van der Waals surface area (Å²) in [7, 11) is 4.51. The number of hydrogen-bond acceptors (Lipinski definition) is 9. The van der Waals surface area contributed by atoms with E-state index in [-0.39, 0.29) is 16.3 Å². The number of anilines is 2. The third-order valence-electron chi connectivity index (χ3n) is 5.98. The molecule has 3 aromatic rings. The second kappa shape index (κ2) is 13.0. The Morgan fingerprint density at radius 3 is 2.21 bits per heavy atom. The number of hydrogen-bond donors (Lipinski definition) is 3. The van der Waals surface area contributed by atoms with E-state index in [1.54, 1.807) is 42.5 Å². The molecule has 0 aliphatic heterocycles. The molecule has 1 atom stereocenters. The highest BCUT2D eigenvalue weighted by atomic mass is 32.1. The standard InChI is InChI=1S/C27H33N5O6S/c1-15(2)12-13-30-26(34)23(16-6-11-19(37-4)20(14-16)38-5)32(17-7-9-18(36-3)10-8-17)27(35)24-21(28)22(25(29)33)31-39-24/h6-11,14-15,23H,12-13,28H2,1-5H3,(H2,29,33)(H,30,34)/t23-/m1/s1. The molecule has 0 fully saturated rings. The Morgan fingerprint density at radius 1 is 1.00 bits per heavy atom. The Bertz CT molecular complexity index is 1320. The number of nitrogens with two attached hydrogens (primary N) is 2. The third kappa shape index (κ3) is 6.58. The van der Waals surface area contributed by atoms with E-state index >= 15 is 0 Å². The van der Waals surface area contributed by atoms with Crippen LogP contribution in [0.1, 0.15) is 52.0 Å². The number of nitrogens with zero attached hydrogens (tertiary/aromatic N) is 2. The van der Waals surface area contributed by atoms with Gasteiger partial charge in [-0.1, -0.05) is 19.9 Å². The maximum Gasteiger partial charge on any atom is 0.273 e. The SMILES string of the molecule is COc1ccc(N(C(=O)c2snc(C(N)=O)c2N)[C@@H](C(=O)NCCC(C)C)c2ccc(OC)c(OC)c2)cc1. The van der Waals surface area contributed by atoms with E-state index in [0.717, 1.165) is 18.0 Å². The summed E-state index contributed by atoms with van der Waals surface area (Å²) in [6.45, 7) is 4.50. The van der Waals surface area contributed by atoms with Crippen molar-refractivity contribution in [2.24, 2.45) is 11.7 Å². The van der Waals surface area contributed by atoms with Crippen molar-refractivity contribution in [2.75, 3.05) is 38.5 Å². The molecular formula is C27H33N5O6S. The number of nitrogens with one attached hydrogen (secondary N) is 1. The number of primary amides is 1. The van der Waals surface area contributed by atoms with Gasteiger partial charge in [-0.15, -0.1) is 0 Å². The molecule has 0 bridgehead atoms. The van der Waals surface area contributed by atoms with Crippen LogP contribution >= 0.6 is 11.5 Å². The number of methoxy groups -OCH3 is 3. The molecule has 0 aliphatic carbocycles. The molecule has 3 rings (SSSR count). The molecule has 3 amide bonds. The van der Waals surface area contributed by atoms with Gasteiger partial charge >= 0.3 is 0 Å². The van der Waals surface area contributed by atoms with Gasteiger partial charge in [0.2, 0.25) is 5.91 Å². The highest BCUT2D eigenvalue weighted by Gasteiger charge is 2.36. The van der Waals surface area contributed by atoms with E-state index in [9.17, 15) is 14.4 Å². The van der Waals surface area contributed by atoms with Gasteiger partial charge in [-0.3, -0.25) is 19.3 Å². The molecule has 1 aromatic heterocycles. The van der Waals surface area contributed by atoms with Crippen LogP contribution in [0.25, 0.3) is 0 Å². The number of carbonyl (C=O) groups excluding carboxylic acids is 3. The molecule has 1 heterocycles. The number of rotatable bonds is 12. The largest absolute Gasteiger partial charge is 0.497 e. The van der Waals surface area contributed by atoms with Crippen LogP contribution in [0.3, 0.4) is 0 Å². The van der Waals surface area contributed by atoms with Crippen LogP contribution in [-0.2, 0) is 4.79 Å². The summed E-state index contributed by atoms with van der Waals surface area (Å²) in [6, 6.07) is 10.5. The lowest BCUT2D eigenvalue weighted by Gasteiger charge is -2.31. The molecule has 0 saturated heterocycles. The van der Waals surface area contributed by atoms with Crippen molar-refractivity contribution < 1.29 is 28.6 Å². The van der Waals surface area contributed by atoms with Crippen molar-refractivity contribution in [2.45, 2.75) is 26.3 Å². The molecular weight excluding hydrogens is 522 g/mol. The fourth-order valence-electron chi connectivity index (χ4n) is 3.89. The van der Waals surface area contributed by atoms with Gasteiger partial charge in [0.05, 0.1) is 27.0 Å². The first kappa shape index (κ1) is 29.2. The monoisotopic (exact) mass is 555 g/mol. The molecule has 2 aromatic carbocycles. The van der Waals surface area contributed by atoms with Crippen LogP contribution in [0.2, 0.25) is 0 Å². The van der Waals surface area contributed by atoms with E-state index in [2.05, 4.69) is 9.69 Å². The Balaban J connectivity index is 2.22. The van der Waals surface area contributed by atoms with Crippen LogP contribution in [0.4, 0.5) is 11.4 Å². The van der Waals surface area contributed by atoms with E-state index in [1.165, 1.54) is 26.2 Å². The Morgan fingerprint density at radius 2 is 1.67 bits per heavy atom. The Kier molecular flexibility index (Phi) is 9.72. The van der Waals surface area contributed by atoms with Gasteiger partial charge in [0.25, 0.3) is 11.8 Å². The lowest BCUT2D eigenvalue weighted by Crippen LogP contribution is -2.44. The zero-order chi connectivity index (χ0) is 28.7. The molecule has 0 unspecified atom stereocenters. The quantitative estimate of drug-likeness (QED) is 0.307. The Labute approximate surface area is 231 Å². The second-order valence-corrected chi connectivity index (χ2v) is 9.78. The van der Waals surface area contributed by atoms with Gasteiger partial charge in [0.15, 0.2) is 17.2 Å². The third-order valence-corrected chi connectivity index (χ3v) is 6.83. The number of ether oxygens (including phenoxy) is 3. The number of carbonyl (C=O) groups is 3. The highest BCUT2D eigenvalue weighted by Crippen LogP contribution is 2.37. The summed E-state index contributed by atoms with van der Waals surface area (Å²) in [4.78, 5) is 41.0. The topological polar surface area (TPSA) is 159 Å². The zero-order valence-electron chi connectivity index (χ0n) is 22.5. The Hall–Kier alpha value is -4.32. The minimum atomic E-state index is -1.16. The van der Waals surface area contributed by atoms with E-state index in [1.807, 2.05) is 13.8 Å². The van der Waals surface area contributed by atoms with Gasteiger partial charge in [-0.05, 0) is 65.8 Å². The molecule has 39 heavy (non-hydrogen) atoms. The molecule has 11 nitrogen and oxygen atoms in total. The fraction of sp³-hybridized carbons (Fsp3) is 0.333. The normalized spacial score (nSPS) is 11.5. The second-order valence-electron chi connectivity index (χ2n) is 9.00. The number of nitrogen functional groups attached to an aromatic ring is 1. The van der Waals surface area contributed by atoms with Crippen LogP contribution in [0.5, 0.6) is 17.2 Å². The molecule has 12 heteroatoms. The zero-order valence-corrected chi connectivity index (χ0v) is 23.3. The van der Waals surface area contributed by atoms with Crippen LogP contribution < -0.4 is 35.9 Å². The molecule has 0 saturated carbocycles. The maximum absolute atomic E-state index is 14.1. The van der Waals surface area contributed by atoms with Crippen molar-refractivity contribution in [3.8, 4) is 17.2 Å². The first-order valence-corrected chi connectivity index (χ1v) is 12.9. The average molecular weight is 556 g/mol. The fourth-order valence-corrected chi connectivity index (χ4v) is 4.63. The van der Waals surface area contributed by atoms with E-state index < -0.39 is 23.8 Å². The number of benzene rings is 2. The van der Waals surface area contributed by atoms with Crippen molar-refractivity contribution in [1.29, 1.82) is 0 Å². The van der Waals surface area contributed by atoms with Crippen molar-refractivity contribution in [3.63, 3.8) is 0 Å². The van der Waals surface area contributed by atoms with E-state index in [0.29, 0.717) is 41.0 Å².